The van der Waals surface area contributed by atoms with Crippen molar-refractivity contribution >= 4 is 22.5 Å². The van der Waals surface area contributed by atoms with Crippen LogP contribution in [0.15, 0.2) is 66.7 Å². The number of anilines is 1. The van der Waals surface area contributed by atoms with Gasteiger partial charge in [-0.3, -0.25) is 9.30 Å². The number of fused-ring (bicyclic) bond motifs is 3. The van der Waals surface area contributed by atoms with E-state index in [1.807, 2.05) is 24.3 Å². The first-order valence-electron chi connectivity index (χ1n) is 11.5. The van der Waals surface area contributed by atoms with E-state index in [-0.39, 0.29) is 0 Å². The highest BCUT2D eigenvalue weighted by Gasteiger charge is 2.26. The van der Waals surface area contributed by atoms with E-state index in [2.05, 4.69) is 71.0 Å². The lowest BCUT2D eigenvalue weighted by atomic mass is 9.97. The number of imidazole rings is 1. The Morgan fingerprint density at radius 1 is 1.03 bits per heavy atom. The fourth-order valence-electron chi connectivity index (χ4n) is 5.01. The molecule has 5 nitrogen and oxygen atoms in total. The van der Waals surface area contributed by atoms with Gasteiger partial charge in [-0.1, -0.05) is 54.6 Å². The lowest BCUT2D eigenvalue weighted by molar-refractivity contribution is 0.277. The molecule has 0 atom stereocenters. The van der Waals surface area contributed by atoms with Crippen molar-refractivity contribution in [3.8, 4) is 6.07 Å². The third-order valence-corrected chi connectivity index (χ3v) is 6.59. The van der Waals surface area contributed by atoms with Crippen molar-refractivity contribution in [3.63, 3.8) is 0 Å². The van der Waals surface area contributed by atoms with Gasteiger partial charge in [0.15, 0.2) is 5.65 Å². The average molecular weight is 436 g/mol. The highest BCUT2D eigenvalue weighted by molar-refractivity contribution is 5.86. The number of benzene rings is 2. The molecule has 5 rings (SSSR count). The summed E-state index contributed by atoms with van der Waals surface area (Å²) < 4.78 is 2.23. The molecule has 1 aliphatic rings. The number of para-hydroxylation sites is 2. The van der Waals surface area contributed by atoms with Gasteiger partial charge in [0.05, 0.1) is 16.6 Å². The highest BCUT2D eigenvalue weighted by Crippen LogP contribution is 2.35. The molecule has 1 fully saturated rings. The summed E-state index contributed by atoms with van der Waals surface area (Å²) in [5.74, 6) is 1.18. The van der Waals surface area contributed by atoms with Crippen LogP contribution in [0.4, 0.5) is 5.82 Å². The van der Waals surface area contributed by atoms with E-state index in [1.54, 1.807) is 0 Å². The van der Waals surface area contributed by atoms with Crippen LogP contribution in [0.25, 0.3) is 16.7 Å². The molecule has 2 aromatic carbocycles. The number of nitrogens with zero attached hydrogens (tertiary/aromatic N) is 5. The lowest BCUT2D eigenvalue weighted by Crippen LogP contribution is -2.47. The van der Waals surface area contributed by atoms with Crippen LogP contribution in [0.2, 0.25) is 0 Å². The van der Waals surface area contributed by atoms with Crippen molar-refractivity contribution < 1.29 is 0 Å². The number of aromatic nitrogens is 2. The SMILES string of the molecule is C=C(C)CN1CCN(c2c(Cc3ccccc3)c(C)c(C#N)c3nc4ccccc4n23)CC1. The quantitative estimate of drug-likeness (QED) is 0.416. The van der Waals surface area contributed by atoms with Crippen molar-refractivity contribution in [2.24, 2.45) is 0 Å². The second-order valence-electron chi connectivity index (χ2n) is 9.06. The fraction of sp³-hybridized carbons (Fsp3) is 0.286. The molecule has 0 aliphatic carbocycles. The molecule has 3 heterocycles. The molecular formula is C28H29N5. The molecule has 4 aromatic rings. The van der Waals surface area contributed by atoms with Crippen molar-refractivity contribution in [2.45, 2.75) is 20.3 Å². The first-order valence-corrected chi connectivity index (χ1v) is 11.5. The number of piperazine rings is 1. The van der Waals surface area contributed by atoms with E-state index in [0.29, 0.717) is 5.56 Å². The molecule has 1 aliphatic heterocycles. The Morgan fingerprint density at radius 2 is 1.73 bits per heavy atom. The van der Waals surface area contributed by atoms with Gasteiger partial charge in [0.25, 0.3) is 0 Å². The standard InChI is InChI=1S/C28H29N5/c1-20(2)19-31-13-15-32(16-14-31)28-23(17-22-9-5-4-6-10-22)21(3)24(18-29)27-30-25-11-7-8-12-26(25)33(27)28/h4-12H,1,13-17,19H2,2-3H3. The predicted molar refractivity (Wildman–Crippen MR) is 135 cm³/mol. The van der Waals surface area contributed by atoms with Crippen molar-refractivity contribution in [2.75, 3.05) is 37.6 Å². The zero-order valence-corrected chi connectivity index (χ0v) is 19.4. The summed E-state index contributed by atoms with van der Waals surface area (Å²) in [7, 11) is 0. The van der Waals surface area contributed by atoms with Gasteiger partial charge in [0.1, 0.15) is 11.9 Å². The van der Waals surface area contributed by atoms with Gasteiger partial charge in [0.2, 0.25) is 0 Å². The topological polar surface area (TPSA) is 47.6 Å². The molecule has 33 heavy (non-hydrogen) atoms. The zero-order chi connectivity index (χ0) is 22.9. The summed E-state index contributed by atoms with van der Waals surface area (Å²) >= 11 is 0. The Morgan fingerprint density at radius 3 is 2.42 bits per heavy atom. The summed E-state index contributed by atoms with van der Waals surface area (Å²) in [6.07, 6.45) is 0.783. The molecule has 2 aromatic heterocycles. The largest absolute Gasteiger partial charge is 0.355 e. The maximum Gasteiger partial charge on any atom is 0.157 e. The monoisotopic (exact) mass is 435 g/mol. The van der Waals surface area contributed by atoms with Crippen LogP contribution < -0.4 is 4.90 Å². The van der Waals surface area contributed by atoms with Crippen LogP contribution in [0.1, 0.15) is 29.2 Å². The molecule has 0 amide bonds. The van der Waals surface area contributed by atoms with Crippen molar-refractivity contribution in [3.05, 3.63) is 89.0 Å². The van der Waals surface area contributed by atoms with E-state index >= 15 is 0 Å². The number of hydrogen-bond acceptors (Lipinski definition) is 4. The van der Waals surface area contributed by atoms with Gasteiger partial charge in [-0.2, -0.15) is 5.26 Å². The van der Waals surface area contributed by atoms with E-state index < -0.39 is 0 Å². The summed E-state index contributed by atoms with van der Waals surface area (Å²) in [5, 5.41) is 10.1. The second kappa shape index (κ2) is 8.73. The number of hydrogen-bond donors (Lipinski definition) is 0. The molecule has 0 radical (unpaired) electrons. The van der Waals surface area contributed by atoms with Crippen molar-refractivity contribution in [1.29, 1.82) is 5.26 Å². The Balaban J connectivity index is 1.72. The number of nitriles is 1. The third-order valence-electron chi connectivity index (χ3n) is 6.59. The normalized spacial score (nSPS) is 14.6. The summed E-state index contributed by atoms with van der Waals surface area (Å²) in [6.45, 7) is 13.1. The molecule has 0 unspecified atom stereocenters. The molecule has 0 spiro atoms. The van der Waals surface area contributed by atoms with Gasteiger partial charge in [-0.25, -0.2) is 4.98 Å². The minimum atomic E-state index is 0.668. The van der Waals surface area contributed by atoms with Gasteiger partial charge >= 0.3 is 0 Å². The first-order chi connectivity index (χ1) is 16.1. The zero-order valence-electron chi connectivity index (χ0n) is 19.4. The Bertz CT molecular complexity index is 1370. The molecule has 5 heteroatoms. The summed E-state index contributed by atoms with van der Waals surface area (Å²) in [5.41, 5.74) is 8.09. The second-order valence-corrected chi connectivity index (χ2v) is 9.06. The van der Waals surface area contributed by atoms with Crippen molar-refractivity contribution in [1.82, 2.24) is 14.3 Å². The predicted octanol–water partition coefficient (Wildman–Crippen LogP) is 4.96. The Labute approximate surface area is 195 Å². The molecule has 166 valence electrons. The summed E-state index contributed by atoms with van der Waals surface area (Å²) in [6, 6.07) is 21.2. The van der Waals surface area contributed by atoms with Crippen LogP contribution in [0, 0.1) is 18.3 Å². The van der Waals surface area contributed by atoms with E-state index in [9.17, 15) is 5.26 Å². The number of pyridine rings is 1. The van der Waals surface area contributed by atoms with E-state index in [1.165, 1.54) is 22.5 Å². The van der Waals surface area contributed by atoms with Gasteiger partial charge < -0.3 is 4.90 Å². The highest BCUT2D eigenvalue weighted by atomic mass is 15.3. The Kier molecular flexibility index (Phi) is 5.62. The minimum absolute atomic E-state index is 0.668. The third kappa shape index (κ3) is 3.88. The van der Waals surface area contributed by atoms with Crippen LogP contribution in [0.5, 0.6) is 0 Å². The minimum Gasteiger partial charge on any atom is -0.355 e. The van der Waals surface area contributed by atoms with Crippen LogP contribution in [-0.2, 0) is 6.42 Å². The smallest absolute Gasteiger partial charge is 0.157 e. The first kappa shape index (κ1) is 21.2. The van der Waals surface area contributed by atoms with Crippen LogP contribution >= 0.6 is 0 Å². The van der Waals surface area contributed by atoms with Gasteiger partial charge in [-0.15, -0.1) is 0 Å². The summed E-state index contributed by atoms with van der Waals surface area (Å²) in [4.78, 5) is 9.85. The molecule has 1 saturated heterocycles. The lowest BCUT2D eigenvalue weighted by Gasteiger charge is -2.38. The van der Waals surface area contributed by atoms with E-state index in [0.717, 1.165) is 61.4 Å². The maximum atomic E-state index is 10.1. The molecular weight excluding hydrogens is 406 g/mol. The van der Waals surface area contributed by atoms with Crippen LogP contribution in [-0.4, -0.2) is 47.0 Å². The fourth-order valence-corrected chi connectivity index (χ4v) is 5.01. The molecule has 0 N–H and O–H groups in total. The van der Waals surface area contributed by atoms with Gasteiger partial charge in [-0.05, 0) is 37.1 Å². The van der Waals surface area contributed by atoms with Gasteiger partial charge in [0, 0.05) is 44.7 Å². The maximum absolute atomic E-state index is 10.1. The van der Waals surface area contributed by atoms with E-state index in [4.69, 9.17) is 4.98 Å². The van der Waals surface area contributed by atoms with Crippen LogP contribution in [0.3, 0.4) is 0 Å². The molecule has 0 bridgehead atoms. The number of rotatable bonds is 5. The average Bonchev–Trinajstić information content (AvgIpc) is 3.20. The molecule has 0 saturated carbocycles. The Hall–Kier alpha value is -3.62.